The molecule has 1 aromatic carbocycles. The molecule has 1 aromatic heterocycles. The second kappa shape index (κ2) is 5.95. The number of carbonyl (C=O) groups is 1. The Labute approximate surface area is 118 Å². The van der Waals surface area contributed by atoms with Gasteiger partial charge in [-0.15, -0.1) is 0 Å². The lowest BCUT2D eigenvalue weighted by Crippen LogP contribution is -2.08. The Balaban J connectivity index is 2.34. The summed E-state index contributed by atoms with van der Waals surface area (Å²) in [7, 11) is 0. The summed E-state index contributed by atoms with van der Waals surface area (Å²) in [4.78, 5) is 25.0. The molecule has 8 heteroatoms. The lowest BCUT2D eigenvalue weighted by Gasteiger charge is -2.08. The Morgan fingerprint density at radius 3 is 2.76 bits per heavy atom. The number of nitro benzene ring substituents is 1. The number of halogens is 1. The third-order valence-corrected chi connectivity index (χ3v) is 2.70. The molecular formula is C13H10FN3O4. The highest BCUT2D eigenvalue weighted by molar-refractivity contribution is 5.90. The number of pyridine rings is 1. The van der Waals surface area contributed by atoms with Crippen LogP contribution in [0.5, 0.6) is 0 Å². The Kier molecular flexibility index (Phi) is 4.07. The average Bonchev–Trinajstić information content (AvgIpc) is 2.46. The molecule has 0 amide bonds. The minimum absolute atomic E-state index is 0.0792. The fraction of sp³-hybridized carbons (Fsp3) is 0.0769. The molecule has 2 rings (SSSR count). The Morgan fingerprint density at radius 1 is 1.43 bits per heavy atom. The zero-order chi connectivity index (χ0) is 15.4. The van der Waals surface area contributed by atoms with Gasteiger partial charge in [0.15, 0.2) is 0 Å². The highest BCUT2D eigenvalue weighted by atomic mass is 19.1. The molecule has 0 spiro atoms. The van der Waals surface area contributed by atoms with Crippen LogP contribution in [0, 0.1) is 15.9 Å². The van der Waals surface area contributed by atoms with E-state index in [9.17, 15) is 19.3 Å². The SMILES string of the molecule is O=C(O)c1cc(NCc2ccccn2)c([N+](=O)[O-])cc1F. The van der Waals surface area contributed by atoms with E-state index in [-0.39, 0.29) is 12.2 Å². The van der Waals surface area contributed by atoms with Crippen molar-refractivity contribution >= 4 is 17.3 Å². The maximum absolute atomic E-state index is 13.5. The lowest BCUT2D eigenvalue weighted by molar-refractivity contribution is -0.384. The molecule has 21 heavy (non-hydrogen) atoms. The van der Waals surface area contributed by atoms with Crippen molar-refractivity contribution in [2.45, 2.75) is 6.54 Å². The van der Waals surface area contributed by atoms with Crippen molar-refractivity contribution in [3.8, 4) is 0 Å². The first kappa shape index (κ1) is 14.4. The van der Waals surface area contributed by atoms with Crippen molar-refractivity contribution in [1.29, 1.82) is 0 Å². The van der Waals surface area contributed by atoms with E-state index < -0.39 is 28.0 Å². The molecule has 0 radical (unpaired) electrons. The van der Waals surface area contributed by atoms with Crippen LogP contribution in [0.2, 0.25) is 0 Å². The number of nitrogens with zero attached hydrogens (tertiary/aromatic N) is 2. The van der Waals surface area contributed by atoms with Crippen molar-refractivity contribution in [2.75, 3.05) is 5.32 Å². The van der Waals surface area contributed by atoms with Gasteiger partial charge >= 0.3 is 5.97 Å². The van der Waals surface area contributed by atoms with Gasteiger partial charge in [0.05, 0.1) is 28.8 Å². The van der Waals surface area contributed by atoms with Crippen molar-refractivity contribution < 1.29 is 19.2 Å². The molecule has 2 N–H and O–H groups in total. The van der Waals surface area contributed by atoms with E-state index in [1.165, 1.54) is 0 Å². The van der Waals surface area contributed by atoms with E-state index >= 15 is 0 Å². The summed E-state index contributed by atoms with van der Waals surface area (Å²) in [6.45, 7) is 0.145. The zero-order valence-corrected chi connectivity index (χ0v) is 10.6. The molecule has 1 heterocycles. The third-order valence-electron chi connectivity index (χ3n) is 2.70. The molecule has 0 saturated carbocycles. The minimum atomic E-state index is -1.50. The standard InChI is InChI=1S/C13H10FN3O4/c14-10-6-12(17(20)21)11(5-9(10)13(18)19)16-7-8-3-1-2-4-15-8/h1-6,16H,7H2,(H,18,19). The van der Waals surface area contributed by atoms with Crippen LogP contribution in [0.15, 0.2) is 36.5 Å². The summed E-state index contributed by atoms with van der Waals surface area (Å²) in [5.41, 5.74) is -0.644. The predicted octanol–water partition coefficient (Wildman–Crippen LogP) is 2.44. The number of carboxylic acids is 1. The van der Waals surface area contributed by atoms with Crippen LogP contribution in [0.3, 0.4) is 0 Å². The normalized spacial score (nSPS) is 10.1. The van der Waals surface area contributed by atoms with Crippen LogP contribution >= 0.6 is 0 Å². The number of aromatic carboxylic acids is 1. The fourth-order valence-corrected chi connectivity index (χ4v) is 1.71. The Hall–Kier alpha value is -3.03. The van der Waals surface area contributed by atoms with Crippen molar-refractivity contribution in [1.82, 2.24) is 4.98 Å². The molecule has 0 aliphatic carbocycles. The molecule has 108 valence electrons. The number of hydrogen-bond acceptors (Lipinski definition) is 5. The van der Waals surface area contributed by atoms with Gasteiger partial charge in [-0.2, -0.15) is 0 Å². The Bertz CT molecular complexity index is 691. The van der Waals surface area contributed by atoms with E-state index in [0.717, 1.165) is 6.07 Å². The number of carboxylic acid groups (broad SMARTS) is 1. The van der Waals surface area contributed by atoms with Crippen LogP contribution in [-0.4, -0.2) is 21.0 Å². The van der Waals surface area contributed by atoms with Gasteiger partial charge < -0.3 is 10.4 Å². The number of hydrogen-bond donors (Lipinski definition) is 2. The summed E-state index contributed by atoms with van der Waals surface area (Å²) in [6.07, 6.45) is 1.55. The van der Waals surface area contributed by atoms with E-state index in [0.29, 0.717) is 11.8 Å². The number of benzene rings is 1. The summed E-state index contributed by atoms with van der Waals surface area (Å²) in [5, 5.41) is 22.5. The first-order chi connectivity index (χ1) is 9.99. The summed E-state index contributed by atoms with van der Waals surface area (Å²) in [6, 6.07) is 6.64. The lowest BCUT2D eigenvalue weighted by atomic mass is 10.1. The van der Waals surface area contributed by atoms with E-state index in [4.69, 9.17) is 5.11 Å². The molecular weight excluding hydrogens is 281 g/mol. The fourth-order valence-electron chi connectivity index (χ4n) is 1.71. The Morgan fingerprint density at radius 2 is 2.19 bits per heavy atom. The molecule has 0 aliphatic rings. The molecule has 0 unspecified atom stereocenters. The maximum Gasteiger partial charge on any atom is 0.338 e. The van der Waals surface area contributed by atoms with Crippen molar-refractivity contribution in [3.05, 3.63) is 63.7 Å². The number of rotatable bonds is 5. The average molecular weight is 291 g/mol. The summed E-state index contributed by atoms with van der Waals surface area (Å²) in [5.74, 6) is -2.65. The third kappa shape index (κ3) is 3.30. The number of nitro groups is 1. The van der Waals surface area contributed by atoms with Gasteiger partial charge in [-0.3, -0.25) is 15.1 Å². The molecule has 0 bridgehead atoms. The van der Waals surface area contributed by atoms with Crippen LogP contribution in [-0.2, 0) is 6.54 Å². The van der Waals surface area contributed by atoms with Gasteiger partial charge in [0, 0.05) is 6.20 Å². The molecule has 2 aromatic rings. The van der Waals surface area contributed by atoms with Crippen molar-refractivity contribution in [2.24, 2.45) is 0 Å². The van der Waals surface area contributed by atoms with Crippen LogP contribution in [0.4, 0.5) is 15.8 Å². The summed E-state index contributed by atoms with van der Waals surface area (Å²) >= 11 is 0. The quantitative estimate of drug-likeness (QED) is 0.647. The monoisotopic (exact) mass is 291 g/mol. The molecule has 0 atom stereocenters. The summed E-state index contributed by atoms with van der Waals surface area (Å²) < 4.78 is 13.5. The van der Waals surface area contributed by atoms with Crippen LogP contribution in [0.1, 0.15) is 16.1 Å². The number of nitrogens with one attached hydrogen (secondary N) is 1. The first-order valence-corrected chi connectivity index (χ1v) is 5.84. The van der Waals surface area contributed by atoms with Gasteiger partial charge in [0.1, 0.15) is 11.5 Å². The van der Waals surface area contributed by atoms with Gasteiger partial charge in [-0.05, 0) is 18.2 Å². The highest BCUT2D eigenvalue weighted by Gasteiger charge is 2.21. The molecule has 0 fully saturated rings. The molecule has 0 aliphatic heterocycles. The van der Waals surface area contributed by atoms with E-state index in [1.807, 2.05) is 0 Å². The van der Waals surface area contributed by atoms with Crippen LogP contribution < -0.4 is 5.32 Å². The van der Waals surface area contributed by atoms with Gasteiger partial charge in [0.25, 0.3) is 5.69 Å². The van der Waals surface area contributed by atoms with Gasteiger partial charge in [-0.1, -0.05) is 6.07 Å². The van der Waals surface area contributed by atoms with E-state index in [2.05, 4.69) is 10.3 Å². The maximum atomic E-state index is 13.5. The second-order valence-corrected chi connectivity index (χ2v) is 4.09. The number of aromatic nitrogens is 1. The predicted molar refractivity (Wildman–Crippen MR) is 71.6 cm³/mol. The molecule has 7 nitrogen and oxygen atoms in total. The highest BCUT2D eigenvalue weighted by Crippen LogP contribution is 2.28. The second-order valence-electron chi connectivity index (χ2n) is 4.09. The van der Waals surface area contributed by atoms with Gasteiger partial charge in [-0.25, -0.2) is 9.18 Å². The van der Waals surface area contributed by atoms with Crippen LogP contribution in [0.25, 0.3) is 0 Å². The number of anilines is 1. The van der Waals surface area contributed by atoms with Crippen molar-refractivity contribution in [3.63, 3.8) is 0 Å². The first-order valence-electron chi connectivity index (χ1n) is 5.84. The largest absolute Gasteiger partial charge is 0.478 e. The topological polar surface area (TPSA) is 105 Å². The molecule has 0 saturated heterocycles. The smallest absolute Gasteiger partial charge is 0.338 e. The zero-order valence-electron chi connectivity index (χ0n) is 10.6. The minimum Gasteiger partial charge on any atom is -0.478 e. The van der Waals surface area contributed by atoms with Gasteiger partial charge in [0.2, 0.25) is 0 Å². The van der Waals surface area contributed by atoms with E-state index in [1.54, 1.807) is 24.4 Å².